The third-order valence-electron chi connectivity index (χ3n) is 9.64. The number of aromatic carboxylic acids is 1. The van der Waals surface area contributed by atoms with Crippen molar-refractivity contribution >= 4 is 29.0 Å². The van der Waals surface area contributed by atoms with E-state index in [0.29, 0.717) is 31.1 Å². The summed E-state index contributed by atoms with van der Waals surface area (Å²) in [6.45, 7) is 6.30. The van der Waals surface area contributed by atoms with Crippen LogP contribution in [0.3, 0.4) is 0 Å². The molecule has 0 aliphatic carbocycles. The minimum atomic E-state index is -1.04. The maximum atomic E-state index is 13.6. The van der Waals surface area contributed by atoms with Gasteiger partial charge in [0.05, 0.1) is 18.5 Å². The molecule has 43 heavy (non-hydrogen) atoms. The Morgan fingerprint density at radius 1 is 0.907 bits per heavy atom. The Morgan fingerprint density at radius 3 is 2.49 bits per heavy atom. The monoisotopic (exact) mass is 581 g/mol. The average Bonchev–Trinajstić information content (AvgIpc) is 3.84. The summed E-state index contributed by atoms with van der Waals surface area (Å²) in [4.78, 5) is 40.2. The molecule has 3 aliphatic heterocycles. The number of carbonyl (C=O) groups excluding carboxylic acids is 1. The Hall–Kier alpha value is -4.51. The van der Waals surface area contributed by atoms with Gasteiger partial charge in [0.1, 0.15) is 5.82 Å². The van der Waals surface area contributed by atoms with Crippen LogP contribution in [0.2, 0.25) is 0 Å². The van der Waals surface area contributed by atoms with Crippen LogP contribution in [-0.4, -0.2) is 92.4 Å². The highest BCUT2D eigenvalue weighted by atomic mass is 16.4. The molecule has 2 atom stereocenters. The van der Waals surface area contributed by atoms with Crippen LogP contribution in [0, 0.1) is 12.3 Å². The molecule has 11 heteroatoms. The molecule has 222 valence electrons. The summed E-state index contributed by atoms with van der Waals surface area (Å²) in [5.74, 6) is -0.358. The minimum absolute atomic E-state index is 0.0340. The van der Waals surface area contributed by atoms with E-state index >= 15 is 0 Å². The number of aliphatic hydroxyl groups is 1. The van der Waals surface area contributed by atoms with E-state index in [2.05, 4.69) is 43.1 Å². The number of amides is 1. The van der Waals surface area contributed by atoms with Gasteiger partial charge in [-0.25, -0.2) is 19.3 Å². The number of pyridine rings is 2. The molecule has 1 aromatic carbocycles. The number of hydrogen-bond donors (Lipinski definition) is 2. The van der Waals surface area contributed by atoms with Crippen molar-refractivity contribution in [3.8, 4) is 0 Å². The molecule has 1 amide bonds. The first kappa shape index (κ1) is 27.3. The number of aliphatic hydroxyl groups excluding tert-OH is 1. The predicted molar refractivity (Wildman–Crippen MR) is 161 cm³/mol. The second-order valence-electron chi connectivity index (χ2n) is 12.4. The van der Waals surface area contributed by atoms with Crippen LogP contribution in [0.5, 0.6) is 0 Å². The first-order chi connectivity index (χ1) is 20.8. The summed E-state index contributed by atoms with van der Waals surface area (Å²) in [5, 5.41) is 24.3. The van der Waals surface area contributed by atoms with E-state index in [0.717, 1.165) is 55.7 Å². The van der Waals surface area contributed by atoms with Crippen molar-refractivity contribution in [1.82, 2.24) is 24.5 Å². The van der Waals surface area contributed by atoms with Crippen LogP contribution in [0.15, 0.2) is 60.8 Å². The quantitative estimate of drug-likeness (QED) is 0.353. The fraction of sp³-hybridized carbons (Fsp3) is 0.406. The van der Waals surface area contributed by atoms with Gasteiger partial charge in [-0.15, -0.1) is 5.10 Å². The first-order valence-electron chi connectivity index (χ1n) is 14.8. The van der Waals surface area contributed by atoms with Crippen LogP contribution in [-0.2, 0) is 5.41 Å². The lowest BCUT2D eigenvalue weighted by atomic mass is 9.80. The summed E-state index contributed by atoms with van der Waals surface area (Å²) < 4.78 is 1.71. The van der Waals surface area contributed by atoms with E-state index in [-0.39, 0.29) is 34.9 Å². The number of likely N-dealkylation sites (tertiary alicyclic amines) is 1. The molecular weight excluding hydrogens is 546 g/mol. The van der Waals surface area contributed by atoms with Gasteiger partial charge in [0.2, 0.25) is 5.82 Å². The SMILES string of the molecule is Cc1cc(N2CC[C@](CO)(c3ccccc3)C2)cn2nc(C(=O)N3CC[C@@]4(CCN(c5cccc(C(=O)O)n5)C4)C3)nc12. The molecule has 3 aromatic heterocycles. The first-order valence-corrected chi connectivity index (χ1v) is 14.8. The van der Waals surface area contributed by atoms with Gasteiger partial charge < -0.3 is 24.9 Å². The van der Waals surface area contributed by atoms with Gasteiger partial charge in [-0.05, 0) is 55.5 Å². The second-order valence-corrected chi connectivity index (χ2v) is 12.4. The minimum Gasteiger partial charge on any atom is -0.477 e. The highest BCUT2D eigenvalue weighted by Crippen LogP contribution is 2.41. The zero-order valence-electron chi connectivity index (χ0n) is 24.2. The van der Waals surface area contributed by atoms with Crippen LogP contribution in [0.4, 0.5) is 11.5 Å². The normalized spacial score (nSPS) is 23.6. The standard InChI is InChI=1S/C32H35N7O4/c1-22-16-24(36-15-12-32(20-36,21-40)23-6-3-2-4-7-23)17-39-28(22)34-27(35-39)29(41)38-14-11-31(19-38)10-13-37(18-31)26-9-5-8-25(33-26)30(42)43/h2-9,16-17,40H,10-15,18-21H2,1H3,(H,42,43)/t31-,32+/m1/s1. The molecular formula is C32H35N7O4. The third-order valence-corrected chi connectivity index (χ3v) is 9.64. The van der Waals surface area contributed by atoms with E-state index in [9.17, 15) is 19.8 Å². The third kappa shape index (κ3) is 4.77. The molecule has 3 fully saturated rings. The fourth-order valence-electron chi connectivity index (χ4n) is 7.17. The second kappa shape index (κ2) is 10.3. The largest absolute Gasteiger partial charge is 0.477 e. The average molecular weight is 582 g/mol. The molecule has 2 N–H and O–H groups in total. The van der Waals surface area contributed by atoms with Crippen molar-refractivity contribution in [1.29, 1.82) is 0 Å². The van der Waals surface area contributed by atoms with Crippen molar-refractivity contribution in [2.24, 2.45) is 5.41 Å². The van der Waals surface area contributed by atoms with Gasteiger partial charge >= 0.3 is 5.97 Å². The number of anilines is 2. The number of hydrogen-bond acceptors (Lipinski definition) is 8. The van der Waals surface area contributed by atoms with Crippen molar-refractivity contribution in [2.75, 3.05) is 55.7 Å². The van der Waals surface area contributed by atoms with Gasteiger partial charge in [-0.1, -0.05) is 36.4 Å². The maximum absolute atomic E-state index is 13.6. The topological polar surface area (TPSA) is 127 Å². The number of benzene rings is 1. The molecule has 0 saturated carbocycles. The summed E-state index contributed by atoms with van der Waals surface area (Å²) in [6.07, 6.45) is 4.56. The number of aryl methyl sites for hydroxylation is 1. The number of aromatic nitrogens is 4. The van der Waals surface area contributed by atoms with E-state index in [1.165, 1.54) is 6.07 Å². The Bertz CT molecular complexity index is 1710. The van der Waals surface area contributed by atoms with Crippen LogP contribution >= 0.6 is 0 Å². The Kier molecular flexibility index (Phi) is 6.57. The molecule has 4 aromatic rings. The molecule has 0 radical (unpaired) electrons. The molecule has 0 bridgehead atoms. The zero-order chi connectivity index (χ0) is 29.8. The van der Waals surface area contributed by atoms with Crippen LogP contribution in [0.1, 0.15) is 51.5 Å². The number of rotatable bonds is 6. The van der Waals surface area contributed by atoms with Crippen molar-refractivity contribution in [3.05, 3.63) is 83.4 Å². The molecule has 7 rings (SSSR count). The van der Waals surface area contributed by atoms with Gasteiger partial charge in [-0.2, -0.15) is 0 Å². The number of carbonyl (C=O) groups is 2. The van der Waals surface area contributed by atoms with Gasteiger partial charge in [0.15, 0.2) is 11.3 Å². The number of carboxylic acids is 1. The predicted octanol–water partition coefficient (Wildman–Crippen LogP) is 3.01. The Morgan fingerprint density at radius 2 is 1.70 bits per heavy atom. The van der Waals surface area contributed by atoms with Crippen molar-refractivity contribution in [2.45, 2.75) is 31.6 Å². The maximum Gasteiger partial charge on any atom is 0.354 e. The van der Waals surface area contributed by atoms with Gasteiger partial charge in [-0.3, -0.25) is 4.79 Å². The fourth-order valence-corrected chi connectivity index (χ4v) is 7.17. The van der Waals surface area contributed by atoms with Gasteiger partial charge in [0, 0.05) is 50.1 Å². The molecule has 0 unspecified atom stereocenters. The Balaban J connectivity index is 1.07. The van der Waals surface area contributed by atoms with Crippen LogP contribution in [0.25, 0.3) is 5.65 Å². The smallest absolute Gasteiger partial charge is 0.354 e. The summed E-state index contributed by atoms with van der Waals surface area (Å²) in [5.41, 5.74) is 3.39. The summed E-state index contributed by atoms with van der Waals surface area (Å²) in [7, 11) is 0. The van der Waals surface area contributed by atoms with E-state index in [4.69, 9.17) is 0 Å². The summed E-state index contributed by atoms with van der Waals surface area (Å²) in [6, 6.07) is 17.3. The highest BCUT2D eigenvalue weighted by Gasteiger charge is 2.46. The molecule has 3 aliphatic rings. The number of nitrogens with zero attached hydrogens (tertiary/aromatic N) is 7. The molecule has 11 nitrogen and oxygen atoms in total. The number of fused-ring (bicyclic) bond motifs is 1. The molecule has 3 saturated heterocycles. The van der Waals surface area contributed by atoms with Gasteiger partial charge in [0.25, 0.3) is 5.91 Å². The Labute approximate surface area is 249 Å². The molecule has 1 spiro atoms. The van der Waals surface area contributed by atoms with E-state index in [1.807, 2.05) is 42.3 Å². The van der Waals surface area contributed by atoms with Crippen molar-refractivity contribution in [3.63, 3.8) is 0 Å². The number of carboxylic acid groups (broad SMARTS) is 1. The lowest BCUT2D eigenvalue weighted by Crippen LogP contribution is -2.34. The lowest BCUT2D eigenvalue weighted by Gasteiger charge is -2.28. The lowest BCUT2D eigenvalue weighted by molar-refractivity contribution is 0.0689. The van der Waals surface area contributed by atoms with E-state index < -0.39 is 5.97 Å². The summed E-state index contributed by atoms with van der Waals surface area (Å²) >= 11 is 0. The molecule has 6 heterocycles. The van der Waals surface area contributed by atoms with E-state index in [1.54, 1.807) is 10.6 Å². The highest BCUT2D eigenvalue weighted by molar-refractivity contribution is 5.91. The zero-order valence-corrected chi connectivity index (χ0v) is 24.2. The van der Waals surface area contributed by atoms with Crippen LogP contribution < -0.4 is 9.80 Å². The van der Waals surface area contributed by atoms with Crippen molar-refractivity contribution < 1.29 is 19.8 Å².